The molecule has 0 spiro atoms. The number of hydrogen-bond acceptors (Lipinski definition) is 4. The lowest BCUT2D eigenvalue weighted by atomic mass is 9.95. The lowest BCUT2D eigenvalue weighted by molar-refractivity contribution is -0.139. The Morgan fingerprint density at radius 1 is 1.09 bits per heavy atom. The predicted octanol–water partition coefficient (Wildman–Crippen LogP) is 4.22. The van der Waals surface area contributed by atoms with Crippen LogP contribution in [0.4, 0.5) is 10.1 Å². The summed E-state index contributed by atoms with van der Waals surface area (Å²) in [5.74, 6) is -1.24. The molecule has 0 unspecified atom stereocenters. The van der Waals surface area contributed by atoms with Gasteiger partial charge in [-0.3, -0.25) is 13.9 Å². The Bertz CT molecular complexity index is 1140. The number of hydrogen-bond donors (Lipinski definition) is 1. The lowest BCUT2D eigenvalue weighted by Gasteiger charge is -2.33. The van der Waals surface area contributed by atoms with Crippen LogP contribution in [0.2, 0.25) is 0 Å². The molecule has 0 aromatic heterocycles. The summed E-state index contributed by atoms with van der Waals surface area (Å²) in [5.41, 5.74) is 0.952. The van der Waals surface area contributed by atoms with E-state index >= 15 is 0 Å². The van der Waals surface area contributed by atoms with Crippen LogP contribution in [0.25, 0.3) is 0 Å². The van der Waals surface area contributed by atoms with Gasteiger partial charge in [-0.15, -0.1) is 0 Å². The molecule has 0 bridgehead atoms. The van der Waals surface area contributed by atoms with Gasteiger partial charge in [0, 0.05) is 17.1 Å². The van der Waals surface area contributed by atoms with Crippen LogP contribution < -0.4 is 9.62 Å². The molecule has 1 saturated carbocycles. The van der Waals surface area contributed by atoms with Crippen molar-refractivity contribution >= 4 is 43.5 Å². The molecule has 10 heteroatoms. The van der Waals surface area contributed by atoms with Crippen molar-refractivity contribution in [3.05, 3.63) is 64.4 Å². The summed E-state index contributed by atoms with van der Waals surface area (Å²) in [6.45, 7) is 1.18. The summed E-state index contributed by atoms with van der Waals surface area (Å²) in [6, 6.07) is 11.6. The largest absolute Gasteiger partial charge is 0.352 e. The highest BCUT2D eigenvalue weighted by Crippen LogP contribution is 2.28. The SMILES string of the molecule is C[C@@H](C(=O)NC1CCCCC1)N(Cc1ccc(F)cc1)C(=O)CN(c1ccccc1Br)S(C)(=O)=O. The Kier molecular flexibility index (Phi) is 9.29. The maximum absolute atomic E-state index is 13.5. The summed E-state index contributed by atoms with van der Waals surface area (Å²) in [5, 5.41) is 3.04. The molecule has 2 aromatic rings. The molecular weight excluding hydrogens is 537 g/mol. The lowest BCUT2D eigenvalue weighted by Crippen LogP contribution is -2.53. The first kappa shape index (κ1) is 27.1. The number of carbonyl (C=O) groups is 2. The molecule has 0 saturated heterocycles. The first-order valence-corrected chi connectivity index (χ1v) is 14.3. The number of para-hydroxylation sites is 1. The maximum atomic E-state index is 13.5. The number of sulfonamides is 1. The molecule has 0 heterocycles. The molecule has 1 fully saturated rings. The highest BCUT2D eigenvalue weighted by molar-refractivity contribution is 9.10. The van der Waals surface area contributed by atoms with E-state index in [1.807, 2.05) is 0 Å². The molecule has 190 valence electrons. The summed E-state index contributed by atoms with van der Waals surface area (Å²) in [4.78, 5) is 28.0. The quantitative estimate of drug-likeness (QED) is 0.491. The number of amides is 2. The number of nitrogens with zero attached hydrogens (tertiary/aromatic N) is 2. The van der Waals surface area contributed by atoms with Gasteiger partial charge in [0.25, 0.3) is 0 Å². The van der Waals surface area contributed by atoms with Gasteiger partial charge in [-0.2, -0.15) is 0 Å². The van der Waals surface area contributed by atoms with Gasteiger partial charge in [0.2, 0.25) is 21.8 Å². The number of nitrogens with one attached hydrogen (secondary N) is 1. The van der Waals surface area contributed by atoms with E-state index in [9.17, 15) is 22.4 Å². The van der Waals surface area contributed by atoms with Crippen LogP contribution in [0.1, 0.15) is 44.6 Å². The minimum Gasteiger partial charge on any atom is -0.352 e. The topological polar surface area (TPSA) is 86.8 Å². The molecule has 0 radical (unpaired) electrons. The van der Waals surface area contributed by atoms with E-state index in [-0.39, 0.29) is 18.5 Å². The zero-order chi connectivity index (χ0) is 25.6. The first-order chi connectivity index (χ1) is 16.6. The third-order valence-corrected chi connectivity index (χ3v) is 7.98. The van der Waals surface area contributed by atoms with E-state index < -0.39 is 34.3 Å². The van der Waals surface area contributed by atoms with Crippen molar-refractivity contribution in [3.8, 4) is 0 Å². The Morgan fingerprint density at radius 3 is 2.31 bits per heavy atom. The summed E-state index contributed by atoms with van der Waals surface area (Å²) >= 11 is 3.35. The highest BCUT2D eigenvalue weighted by Gasteiger charge is 2.31. The number of carbonyl (C=O) groups excluding carboxylic acids is 2. The van der Waals surface area contributed by atoms with Crippen LogP contribution >= 0.6 is 15.9 Å². The van der Waals surface area contributed by atoms with Gasteiger partial charge in [0.05, 0.1) is 11.9 Å². The normalized spacial score (nSPS) is 15.3. The van der Waals surface area contributed by atoms with E-state index in [2.05, 4.69) is 21.2 Å². The molecular formula is C25H31BrFN3O4S. The molecule has 35 heavy (non-hydrogen) atoms. The standard InChI is InChI=1S/C25H31BrFN3O4S/c1-18(25(32)28-21-8-4-3-5-9-21)29(16-19-12-14-20(27)15-13-19)24(31)17-30(35(2,33)34)23-11-7-6-10-22(23)26/h6-7,10-15,18,21H,3-5,8-9,16-17H2,1-2H3,(H,28,32)/t18-/m0/s1. The van der Waals surface area contributed by atoms with Crippen LogP contribution in [-0.4, -0.2) is 50.0 Å². The number of halogens is 2. The van der Waals surface area contributed by atoms with Crippen molar-refractivity contribution in [2.24, 2.45) is 0 Å². The van der Waals surface area contributed by atoms with Crippen molar-refractivity contribution < 1.29 is 22.4 Å². The Labute approximate surface area is 214 Å². The molecule has 7 nitrogen and oxygen atoms in total. The molecule has 1 atom stereocenters. The zero-order valence-electron chi connectivity index (χ0n) is 19.9. The van der Waals surface area contributed by atoms with E-state index in [1.54, 1.807) is 43.3 Å². The van der Waals surface area contributed by atoms with Crippen molar-refractivity contribution in [1.29, 1.82) is 0 Å². The van der Waals surface area contributed by atoms with Gasteiger partial charge in [-0.25, -0.2) is 12.8 Å². The van der Waals surface area contributed by atoms with Gasteiger partial charge in [0.1, 0.15) is 18.4 Å². The van der Waals surface area contributed by atoms with Crippen molar-refractivity contribution in [2.45, 2.75) is 57.7 Å². The van der Waals surface area contributed by atoms with Gasteiger partial charge < -0.3 is 10.2 Å². The smallest absolute Gasteiger partial charge is 0.244 e. The fraction of sp³-hybridized carbons (Fsp3) is 0.440. The Morgan fingerprint density at radius 2 is 1.71 bits per heavy atom. The monoisotopic (exact) mass is 567 g/mol. The van der Waals surface area contributed by atoms with Gasteiger partial charge in [-0.1, -0.05) is 43.5 Å². The second-order valence-electron chi connectivity index (χ2n) is 8.89. The van der Waals surface area contributed by atoms with E-state index in [0.29, 0.717) is 15.7 Å². The average molecular weight is 569 g/mol. The molecule has 1 N–H and O–H groups in total. The van der Waals surface area contributed by atoms with E-state index in [1.165, 1.54) is 17.0 Å². The van der Waals surface area contributed by atoms with Crippen molar-refractivity contribution in [1.82, 2.24) is 10.2 Å². The van der Waals surface area contributed by atoms with E-state index in [0.717, 1.165) is 42.7 Å². The van der Waals surface area contributed by atoms with Gasteiger partial charge in [0.15, 0.2) is 0 Å². The van der Waals surface area contributed by atoms with E-state index in [4.69, 9.17) is 0 Å². The van der Waals surface area contributed by atoms with Crippen LogP contribution in [0, 0.1) is 5.82 Å². The summed E-state index contributed by atoms with van der Waals surface area (Å²) in [6.07, 6.45) is 6.07. The molecule has 2 amide bonds. The molecule has 0 aliphatic heterocycles. The van der Waals surface area contributed by atoms with Crippen LogP contribution in [-0.2, 0) is 26.2 Å². The third kappa shape index (κ3) is 7.51. The third-order valence-electron chi connectivity index (χ3n) is 6.19. The van der Waals surface area contributed by atoms with Crippen LogP contribution in [0.15, 0.2) is 53.0 Å². The first-order valence-electron chi connectivity index (χ1n) is 11.6. The second-order valence-corrected chi connectivity index (χ2v) is 11.6. The Balaban J connectivity index is 1.87. The average Bonchev–Trinajstić information content (AvgIpc) is 2.82. The van der Waals surface area contributed by atoms with Gasteiger partial charge in [-0.05, 0) is 65.5 Å². The fourth-order valence-corrected chi connectivity index (χ4v) is 5.66. The minimum atomic E-state index is -3.81. The van der Waals surface area contributed by atoms with Crippen LogP contribution in [0.3, 0.4) is 0 Å². The molecule has 1 aliphatic rings. The maximum Gasteiger partial charge on any atom is 0.244 e. The number of anilines is 1. The Hall–Kier alpha value is -2.46. The summed E-state index contributed by atoms with van der Waals surface area (Å²) in [7, 11) is -3.81. The predicted molar refractivity (Wildman–Crippen MR) is 138 cm³/mol. The second kappa shape index (κ2) is 12.0. The summed E-state index contributed by atoms with van der Waals surface area (Å²) < 4.78 is 40.2. The molecule has 1 aliphatic carbocycles. The van der Waals surface area contributed by atoms with Crippen LogP contribution in [0.5, 0.6) is 0 Å². The molecule has 3 rings (SSSR count). The van der Waals surface area contributed by atoms with Crippen molar-refractivity contribution in [2.75, 3.05) is 17.1 Å². The number of benzene rings is 2. The van der Waals surface area contributed by atoms with Gasteiger partial charge >= 0.3 is 0 Å². The zero-order valence-corrected chi connectivity index (χ0v) is 22.3. The molecule has 2 aromatic carbocycles. The fourth-order valence-electron chi connectivity index (χ4n) is 4.19. The minimum absolute atomic E-state index is 0.0337. The van der Waals surface area contributed by atoms with Crippen molar-refractivity contribution in [3.63, 3.8) is 0 Å². The number of rotatable bonds is 9. The highest BCUT2D eigenvalue weighted by atomic mass is 79.9.